The van der Waals surface area contributed by atoms with E-state index in [0.29, 0.717) is 24.2 Å². The highest BCUT2D eigenvalue weighted by atomic mass is 16.4. The van der Waals surface area contributed by atoms with Crippen molar-refractivity contribution in [2.75, 3.05) is 18.9 Å². The molecule has 1 heterocycles. The number of aliphatic carboxylic acids is 1. The molecule has 112 valence electrons. The van der Waals surface area contributed by atoms with E-state index in [9.17, 15) is 14.4 Å². The van der Waals surface area contributed by atoms with Crippen molar-refractivity contribution in [3.63, 3.8) is 0 Å². The smallest absolute Gasteiger partial charge is 0.307 e. The topological polar surface area (TPSA) is 86.7 Å². The molecule has 0 aromatic heterocycles. The summed E-state index contributed by atoms with van der Waals surface area (Å²) in [5.74, 6) is -1.58. The van der Waals surface area contributed by atoms with Crippen LogP contribution in [0.25, 0.3) is 0 Å². The van der Waals surface area contributed by atoms with Gasteiger partial charge in [-0.25, -0.2) is 0 Å². The molecule has 0 radical (unpaired) electrons. The molecule has 1 fully saturated rings. The summed E-state index contributed by atoms with van der Waals surface area (Å²) in [5, 5.41) is 11.6. The largest absolute Gasteiger partial charge is 0.481 e. The van der Waals surface area contributed by atoms with Crippen LogP contribution in [0.3, 0.4) is 0 Å². The lowest BCUT2D eigenvalue weighted by molar-refractivity contribution is -0.137. The number of carbonyl (C=O) groups is 3. The SMILES string of the molecule is CN1CC[C@H](C(=O)Nc2ccccc2CC(=O)O)CC1=O. The lowest BCUT2D eigenvalue weighted by Crippen LogP contribution is -2.40. The number of benzene rings is 1. The Morgan fingerprint density at radius 3 is 2.76 bits per heavy atom. The summed E-state index contributed by atoms with van der Waals surface area (Å²) in [6.07, 6.45) is 0.668. The van der Waals surface area contributed by atoms with E-state index in [1.54, 1.807) is 36.2 Å². The van der Waals surface area contributed by atoms with E-state index in [2.05, 4.69) is 5.32 Å². The van der Waals surface area contributed by atoms with Crippen molar-refractivity contribution in [3.8, 4) is 0 Å². The van der Waals surface area contributed by atoms with Crippen LogP contribution in [-0.4, -0.2) is 41.4 Å². The molecule has 1 aliphatic rings. The fourth-order valence-corrected chi connectivity index (χ4v) is 2.36. The lowest BCUT2D eigenvalue weighted by Gasteiger charge is -2.28. The first-order valence-electron chi connectivity index (χ1n) is 6.82. The Kier molecular flexibility index (Phi) is 4.57. The summed E-state index contributed by atoms with van der Waals surface area (Å²) in [5.41, 5.74) is 1.05. The monoisotopic (exact) mass is 290 g/mol. The summed E-state index contributed by atoms with van der Waals surface area (Å²) < 4.78 is 0. The first-order chi connectivity index (χ1) is 9.97. The van der Waals surface area contributed by atoms with Crippen LogP contribution in [0.1, 0.15) is 18.4 Å². The van der Waals surface area contributed by atoms with Gasteiger partial charge >= 0.3 is 5.97 Å². The molecule has 1 aliphatic heterocycles. The van der Waals surface area contributed by atoms with Crippen molar-refractivity contribution < 1.29 is 19.5 Å². The van der Waals surface area contributed by atoms with Crippen molar-refractivity contribution in [2.45, 2.75) is 19.3 Å². The average molecular weight is 290 g/mol. The quantitative estimate of drug-likeness (QED) is 0.870. The Morgan fingerprint density at radius 2 is 2.10 bits per heavy atom. The molecule has 6 nitrogen and oxygen atoms in total. The summed E-state index contributed by atoms with van der Waals surface area (Å²) in [7, 11) is 1.72. The predicted octanol–water partition coefficient (Wildman–Crippen LogP) is 1.12. The van der Waals surface area contributed by atoms with E-state index in [4.69, 9.17) is 5.11 Å². The second-order valence-electron chi connectivity index (χ2n) is 5.22. The molecule has 1 aromatic rings. The Hall–Kier alpha value is -2.37. The van der Waals surface area contributed by atoms with Crippen LogP contribution in [0.5, 0.6) is 0 Å². The number of amides is 2. The molecular weight excluding hydrogens is 272 g/mol. The number of carbonyl (C=O) groups excluding carboxylic acids is 2. The van der Waals surface area contributed by atoms with Gasteiger partial charge in [0.2, 0.25) is 11.8 Å². The normalized spacial score (nSPS) is 18.4. The molecule has 0 bridgehead atoms. The average Bonchev–Trinajstić information content (AvgIpc) is 2.43. The van der Waals surface area contributed by atoms with E-state index in [1.807, 2.05) is 0 Å². The van der Waals surface area contributed by atoms with E-state index >= 15 is 0 Å². The third-order valence-corrected chi connectivity index (χ3v) is 3.65. The van der Waals surface area contributed by atoms with E-state index < -0.39 is 5.97 Å². The summed E-state index contributed by atoms with van der Waals surface area (Å²) >= 11 is 0. The van der Waals surface area contributed by atoms with Crippen LogP contribution in [0.2, 0.25) is 0 Å². The second kappa shape index (κ2) is 6.39. The van der Waals surface area contributed by atoms with Crippen LogP contribution in [0.15, 0.2) is 24.3 Å². The first kappa shape index (κ1) is 15.0. The summed E-state index contributed by atoms with van der Waals surface area (Å²) in [6.45, 7) is 0.563. The number of hydrogen-bond acceptors (Lipinski definition) is 3. The molecule has 1 saturated heterocycles. The molecule has 1 atom stereocenters. The van der Waals surface area contributed by atoms with Gasteiger partial charge in [0.1, 0.15) is 0 Å². The van der Waals surface area contributed by atoms with Crippen LogP contribution in [0, 0.1) is 5.92 Å². The van der Waals surface area contributed by atoms with Gasteiger partial charge in [0.25, 0.3) is 0 Å². The van der Waals surface area contributed by atoms with Gasteiger partial charge in [-0.15, -0.1) is 0 Å². The Morgan fingerprint density at radius 1 is 1.38 bits per heavy atom. The highest BCUT2D eigenvalue weighted by Gasteiger charge is 2.28. The molecule has 2 amide bonds. The first-order valence-corrected chi connectivity index (χ1v) is 6.82. The molecule has 0 saturated carbocycles. The Labute approximate surface area is 122 Å². The number of hydrogen-bond donors (Lipinski definition) is 2. The molecular formula is C15H18N2O4. The highest BCUT2D eigenvalue weighted by Crippen LogP contribution is 2.21. The maximum absolute atomic E-state index is 12.2. The fraction of sp³-hybridized carbons (Fsp3) is 0.400. The standard InChI is InChI=1S/C15H18N2O4/c1-17-7-6-11(8-13(17)18)15(21)16-12-5-3-2-4-10(12)9-14(19)20/h2-5,11H,6-9H2,1H3,(H,16,21)(H,19,20)/t11-/m0/s1. The minimum atomic E-state index is -0.953. The Balaban J connectivity index is 2.06. The molecule has 1 aromatic carbocycles. The van der Waals surface area contributed by atoms with Gasteiger partial charge < -0.3 is 15.3 Å². The number of nitrogens with zero attached hydrogens (tertiary/aromatic N) is 1. The van der Waals surface area contributed by atoms with E-state index in [1.165, 1.54) is 0 Å². The lowest BCUT2D eigenvalue weighted by atomic mass is 9.95. The number of para-hydroxylation sites is 1. The second-order valence-corrected chi connectivity index (χ2v) is 5.22. The van der Waals surface area contributed by atoms with Gasteiger partial charge in [-0.3, -0.25) is 14.4 Å². The molecule has 2 rings (SSSR count). The molecule has 21 heavy (non-hydrogen) atoms. The van der Waals surface area contributed by atoms with Gasteiger partial charge in [-0.05, 0) is 18.1 Å². The van der Waals surface area contributed by atoms with Crippen molar-refractivity contribution in [1.29, 1.82) is 0 Å². The number of likely N-dealkylation sites (tertiary alicyclic amines) is 1. The molecule has 2 N–H and O–H groups in total. The van der Waals surface area contributed by atoms with Crippen LogP contribution in [0.4, 0.5) is 5.69 Å². The van der Waals surface area contributed by atoms with E-state index in [-0.39, 0.29) is 30.6 Å². The number of anilines is 1. The minimum absolute atomic E-state index is 0.0415. The number of nitrogens with one attached hydrogen (secondary N) is 1. The van der Waals surface area contributed by atoms with Crippen LogP contribution >= 0.6 is 0 Å². The predicted molar refractivity (Wildman–Crippen MR) is 76.8 cm³/mol. The summed E-state index contributed by atoms with van der Waals surface area (Å²) in [6, 6.07) is 6.81. The van der Waals surface area contributed by atoms with Gasteiger partial charge in [0.15, 0.2) is 0 Å². The molecule has 0 aliphatic carbocycles. The third kappa shape index (κ3) is 3.81. The van der Waals surface area contributed by atoms with Crippen LogP contribution < -0.4 is 5.32 Å². The Bertz CT molecular complexity index is 571. The van der Waals surface area contributed by atoms with Gasteiger partial charge in [0, 0.05) is 31.6 Å². The third-order valence-electron chi connectivity index (χ3n) is 3.65. The number of carboxylic acids is 1. The minimum Gasteiger partial charge on any atom is -0.481 e. The van der Waals surface area contributed by atoms with Gasteiger partial charge in [-0.1, -0.05) is 18.2 Å². The maximum atomic E-state index is 12.2. The van der Waals surface area contributed by atoms with Crippen molar-refractivity contribution in [3.05, 3.63) is 29.8 Å². The molecule has 6 heteroatoms. The maximum Gasteiger partial charge on any atom is 0.307 e. The van der Waals surface area contributed by atoms with Crippen molar-refractivity contribution in [2.24, 2.45) is 5.92 Å². The zero-order valence-corrected chi connectivity index (χ0v) is 11.8. The zero-order chi connectivity index (χ0) is 15.4. The van der Waals surface area contributed by atoms with Crippen molar-refractivity contribution in [1.82, 2.24) is 4.90 Å². The molecule has 0 unspecified atom stereocenters. The zero-order valence-electron chi connectivity index (χ0n) is 11.8. The molecule has 0 spiro atoms. The summed E-state index contributed by atoms with van der Waals surface area (Å²) in [4.78, 5) is 36.3. The number of piperidine rings is 1. The van der Waals surface area contributed by atoms with Crippen molar-refractivity contribution >= 4 is 23.5 Å². The highest BCUT2D eigenvalue weighted by molar-refractivity contribution is 5.96. The number of rotatable bonds is 4. The fourth-order valence-electron chi connectivity index (χ4n) is 2.36. The van der Waals surface area contributed by atoms with E-state index in [0.717, 1.165) is 0 Å². The van der Waals surface area contributed by atoms with Crippen LogP contribution in [-0.2, 0) is 20.8 Å². The van der Waals surface area contributed by atoms with Gasteiger partial charge in [0.05, 0.1) is 6.42 Å². The van der Waals surface area contributed by atoms with Gasteiger partial charge in [-0.2, -0.15) is 0 Å². The number of carboxylic acid groups (broad SMARTS) is 1.